The highest BCUT2D eigenvalue weighted by atomic mass is 32.2. The third kappa shape index (κ3) is 9.32. The summed E-state index contributed by atoms with van der Waals surface area (Å²) in [5.41, 5.74) is 7.67. The minimum Gasteiger partial charge on any atom is -0.497 e. The molecule has 0 fully saturated rings. The van der Waals surface area contributed by atoms with Crippen molar-refractivity contribution in [2.24, 2.45) is 5.73 Å². The second-order valence-corrected chi connectivity index (χ2v) is 14.3. The molecule has 0 spiro atoms. The minimum atomic E-state index is -4.19. The van der Waals surface area contributed by atoms with E-state index in [0.29, 0.717) is 17.1 Å². The zero-order valence-electron chi connectivity index (χ0n) is 25.5. The van der Waals surface area contributed by atoms with Crippen molar-refractivity contribution < 1.29 is 27.1 Å². The fourth-order valence-corrected chi connectivity index (χ4v) is 6.58. The highest BCUT2D eigenvalue weighted by Crippen LogP contribution is 2.33. The largest absolute Gasteiger partial charge is 0.497 e. The Labute approximate surface area is 267 Å². The molecule has 4 N–H and O–H groups in total. The Morgan fingerprint density at radius 1 is 0.956 bits per heavy atom. The van der Waals surface area contributed by atoms with E-state index >= 15 is 0 Å². The topological polar surface area (TPSA) is 128 Å². The van der Waals surface area contributed by atoms with Gasteiger partial charge in [0.2, 0.25) is 5.91 Å². The quantitative estimate of drug-likeness (QED) is 0.165. The third-order valence-corrected chi connectivity index (χ3v) is 9.42. The highest BCUT2D eigenvalue weighted by molar-refractivity contribution is 7.99. The molecule has 8 nitrogen and oxygen atoms in total. The summed E-state index contributed by atoms with van der Waals surface area (Å²) >= 11 is 1.26. The van der Waals surface area contributed by atoms with E-state index in [1.54, 1.807) is 19.2 Å². The lowest BCUT2D eigenvalue weighted by atomic mass is 9.86. The molecule has 4 aromatic rings. The molecular formula is C34H36FN3O5S2. The first-order valence-electron chi connectivity index (χ1n) is 14.2. The third-order valence-electron chi connectivity index (χ3n) is 6.95. The standard InChI is InChI=1S/C34H36FN3O5S2/c1-34(2,3)23-10-8-22(9-11-23)18-26(20-32(36)39)37-33(40)30-21-29(45(41,42)38-25-7-5-6-24(35)19-25)16-17-31(30)44-28-14-12-27(43-4)13-15-28/h5-17,19,21,26,38H,18,20H2,1-4H3,(H2,36,39)(H,37,40). The zero-order chi connectivity index (χ0) is 32.8. The summed E-state index contributed by atoms with van der Waals surface area (Å²) in [6.45, 7) is 6.34. The van der Waals surface area contributed by atoms with Crippen LogP contribution in [0.2, 0.25) is 0 Å². The van der Waals surface area contributed by atoms with Crippen LogP contribution in [-0.2, 0) is 26.7 Å². The summed E-state index contributed by atoms with van der Waals surface area (Å²) in [6.07, 6.45) is 0.214. The van der Waals surface area contributed by atoms with Gasteiger partial charge < -0.3 is 15.8 Å². The first kappa shape index (κ1) is 33.5. The Bertz CT molecular complexity index is 1770. The maximum Gasteiger partial charge on any atom is 0.261 e. The highest BCUT2D eigenvalue weighted by Gasteiger charge is 2.24. The number of amides is 2. The number of nitrogens with one attached hydrogen (secondary N) is 2. The monoisotopic (exact) mass is 649 g/mol. The van der Waals surface area contributed by atoms with E-state index in [0.717, 1.165) is 22.1 Å². The van der Waals surface area contributed by atoms with Crippen molar-refractivity contribution in [1.29, 1.82) is 0 Å². The summed E-state index contributed by atoms with van der Waals surface area (Å²) < 4.78 is 47.9. The van der Waals surface area contributed by atoms with Crippen molar-refractivity contribution in [3.63, 3.8) is 0 Å². The number of anilines is 1. The van der Waals surface area contributed by atoms with E-state index in [9.17, 15) is 22.4 Å². The van der Waals surface area contributed by atoms with Gasteiger partial charge in [0.25, 0.3) is 15.9 Å². The molecule has 45 heavy (non-hydrogen) atoms. The van der Waals surface area contributed by atoms with Crippen LogP contribution in [-0.4, -0.2) is 33.4 Å². The van der Waals surface area contributed by atoms with Crippen molar-refractivity contribution in [1.82, 2.24) is 5.32 Å². The second kappa shape index (κ2) is 14.2. The number of halogens is 1. The van der Waals surface area contributed by atoms with Crippen LogP contribution in [0.4, 0.5) is 10.1 Å². The minimum absolute atomic E-state index is 0.0355. The molecule has 2 amide bonds. The number of sulfonamides is 1. The summed E-state index contributed by atoms with van der Waals surface area (Å²) in [5, 5.41) is 2.90. The summed E-state index contributed by atoms with van der Waals surface area (Å²) in [5.74, 6) is -1.11. The second-order valence-electron chi connectivity index (χ2n) is 11.5. The summed E-state index contributed by atoms with van der Waals surface area (Å²) in [4.78, 5) is 26.9. The number of ether oxygens (including phenoxy) is 1. The first-order chi connectivity index (χ1) is 21.2. The molecule has 236 valence electrons. The van der Waals surface area contributed by atoms with Crippen molar-refractivity contribution in [3.05, 3.63) is 114 Å². The van der Waals surface area contributed by atoms with Crippen LogP contribution in [0.15, 0.2) is 106 Å². The molecule has 11 heteroatoms. The fraction of sp³-hybridized carbons (Fsp3) is 0.235. The van der Waals surface area contributed by atoms with Gasteiger partial charge in [-0.2, -0.15) is 0 Å². The van der Waals surface area contributed by atoms with E-state index in [2.05, 4.69) is 30.8 Å². The maximum absolute atomic E-state index is 13.8. The van der Waals surface area contributed by atoms with Crippen molar-refractivity contribution in [2.75, 3.05) is 11.8 Å². The molecule has 0 aliphatic heterocycles. The number of nitrogens with two attached hydrogens (primary N) is 1. The van der Waals surface area contributed by atoms with Gasteiger partial charge in [0.05, 0.1) is 23.3 Å². The Morgan fingerprint density at radius 3 is 2.24 bits per heavy atom. The van der Waals surface area contributed by atoms with Crippen molar-refractivity contribution in [3.8, 4) is 5.75 Å². The Balaban J connectivity index is 1.67. The van der Waals surface area contributed by atoms with Gasteiger partial charge in [-0.3, -0.25) is 14.3 Å². The average molecular weight is 650 g/mol. The van der Waals surface area contributed by atoms with E-state index < -0.39 is 33.7 Å². The average Bonchev–Trinajstić information content (AvgIpc) is 2.97. The van der Waals surface area contributed by atoms with Gasteiger partial charge in [0, 0.05) is 22.3 Å². The van der Waals surface area contributed by atoms with Gasteiger partial charge in [-0.15, -0.1) is 0 Å². The molecule has 1 atom stereocenters. The Kier molecular flexibility index (Phi) is 10.6. The maximum atomic E-state index is 13.8. The van der Waals surface area contributed by atoms with Gasteiger partial charge in [-0.25, -0.2) is 12.8 Å². The Morgan fingerprint density at radius 2 is 1.64 bits per heavy atom. The molecule has 0 heterocycles. The van der Waals surface area contributed by atoms with Gasteiger partial charge in [0.15, 0.2) is 0 Å². The molecule has 0 bridgehead atoms. The van der Waals surface area contributed by atoms with E-state index in [-0.39, 0.29) is 28.0 Å². The van der Waals surface area contributed by atoms with Crippen molar-refractivity contribution >= 4 is 39.3 Å². The lowest BCUT2D eigenvalue weighted by Crippen LogP contribution is -2.39. The zero-order valence-corrected chi connectivity index (χ0v) is 27.1. The molecule has 0 aliphatic carbocycles. The summed E-state index contributed by atoms with van der Waals surface area (Å²) in [6, 6.07) is 23.7. The smallest absolute Gasteiger partial charge is 0.261 e. The first-order valence-corrected chi connectivity index (χ1v) is 16.5. The number of methoxy groups -OCH3 is 1. The van der Waals surface area contributed by atoms with Crippen LogP contribution in [0.1, 0.15) is 48.7 Å². The van der Waals surface area contributed by atoms with Crippen LogP contribution in [0.25, 0.3) is 0 Å². The molecular weight excluding hydrogens is 614 g/mol. The van der Waals surface area contributed by atoms with Crippen LogP contribution in [0.3, 0.4) is 0 Å². The number of primary amides is 1. The molecule has 4 aromatic carbocycles. The van der Waals surface area contributed by atoms with Gasteiger partial charge in [-0.1, -0.05) is 62.9 Å². The summed E-state index contributed by atoms with van der Waals surface area (Å²) in [7, 11) is -2.63. The Hall–Kier alpha value is -4.35. The van der Waals surface area contributed by atoms with Crippen LogP contribution in [0, 0.1) is 5.82 Å². The number of carbonyl (C=O) groups excluding carboxylic acids is 2. The molecule has 0 saturated heterocycles. The molecule has 0 aliphatic rings. The molecule has 0 aromatic heterocycles. The molecule has 4 rings (SSSR count). The molecule has 0 radical (unpaired) electrons. The lowest BCUT2D eigenvalue weighted by Gasteiger charge is -2.21. The fourth-order valence-electron chi connectivity index (χ4n) is 4.59. The van der Waals surface area contributed by atoms with Gasteiger partial charge >= 0.3 is 0 Å². The SMILES string of the molecule is COc1ccc(Sc2ccc(S(=O)(=O)Nc3cccc(F)c3)cc2C(=O)NC(CC(N)=O)Cc2ccc(C(C)(C)C)cc2)cc1. The van der Waals surface area contributed by atoms with Crippen LogP contribution in [0.5, 0.6) is 5.75 Å². The number of rotatable bonds is 12. The van der Waals surface area contributed by atoms with Gasteiger partial charge in [0.1, 0.15) is 11.6 Å². The number of hydrogen-bond acceptors (Lipinski definition) is 6. The predicted octanol–water partition coefficient (Wildman–Crippen LogP) is 6.30. The molecule has 0 saturated carbocycles. The van der Waals surface area contributed by atoms with E-state index in [1.165, 1.54) is 48.2 Å². The number of benzene rings is 4. The van der Waals surface area contributed by atoms with Crippen molar-refractivity contribution in [2.45, 2.75) is 59.8 Å². The number of hydrogen-bond donors (Lipinski definition) is 3. The van der Waals surface area contributed by atoms with Crippen LogP contribution < -0.4 is 20.5 Å². The predicted molar refractivity (Wildman–Crippen MR) is 175 cm³/mol. The lowest BCUT2D eigenvalue weighted by molar-refractivity contribution is -0.118. The molecule has 1 unspecified atom stereocenters. The van der Waals surface area contributed by atoms with E-state index in [1.807, 2.05) is 36.4 Å². The normalized spacial score (nSPS) is 12.3. The van der Waals surface area contributed by atoms with Gasteiger partial charge in [-0.05, 0) is 83.6 Å². The number of carbonyl (C=O) groups is 2. The van der Waals surface area contributed by atoms with E-state index in [4.69, 9.17) is 10.5 Å². The van der Waals surface area contributed by atoms with Crippen LogP contribution >= 0.6 is 11.8 Å².